The molecule has 0 aromatic carbocycles. The number of rotatable bonds is 14. The highest BCUT2D eigenvalue weighted by molar-refractivity contribution is 6.74. The van der Waals surface area contributed by atoms with Crippen molar-refractivity contribution in [3.05, 3.63) is 0 Å². The molecule has 140 valence electrons. The molecule has 0 rings (SSSR count). The van der Waals surface area contributed by atoms with Crippen molar-refractivity contribution in [1.29, 1.82) is 0 Å². The van der Waals surface area contributed by atoms with Gasteiger partial charge in [-0.05, 0) is 31.0 Å². The van der Waals surface area contributed by atoms with Crippen LogP contribution < -0.4 is 0 Å². The highest BCUT2D eigenvalue weighted by Gasteiger charge is 2.36. The lowest BCUT2D eigenvalue weighted by Crippen LogP contribution is -2.41. The molecule has 0 aliphatic rings. The fourth-order valence-corrected chi connectivity index (χ4v) is 3.56. The lowest BCUT2D eigenvalue weighted by Gasteiger charge is -2.36. The van der Waals surface area contributed by atoms with E-state index in [4.69, 9.17) is 4.43 Å². The first kappa shape index (κ1) is 23.1. The average molecular weight is 345 g/mol. The van der Waals surface area contributed by atoms with Crippen LogP contribution in [0.25, 0.3) is 0 Å². The Hall–Kier alpha value is 0.137. The lowest BCUT2D eigenvalue weighted by molar-refractivity contribution is 0.124. The maximum absolute atomic E-state index is 10.1. The minimum Gasteiger partial charge on any atom is -0.417 e. The molecule has 0 amide bonds. The van der Waals surface area contributed by atoms with Crippen LogP contribution in [-0.2, 0) is 4.43 Å². The second kappa shape index (κ2) is 12.5. The average Bonchev–Trinajstić information content (AvgIpc) is 2.44. The van der Waals surface area contributed by atoms with Crippen LogP contribution in [0.3, 0.4) is 0 Å². The molecule has 0 fully saturated rings. The third kappa shape index (κ3) is 12.2. The maximum Gasteiger partial charge on any atom is 0.191 e. The summed E-state index contributed by atoms with van der Waals surface area (Å²) in [7, 11) is -1.65. The van der Waals surface area contributed by atoms with Crippen LogP contribution in [0.15, 0.2) is 0 Å². The van der Waals surface area contributed by atoms with E-state index in [1.54, 1.807) is 0 Å². The molecule has 0 aliphatic carbocycles. The van der Waals surface area contributed by atoms with Gasteiger partial charge in [0.25, 0.3) is 0 Å². The van der Waals surface area contributed by atoms with E-state index in [0.717, 1.165) is 25.9 Å². The van der Waals surface area contributed by atoms with Crippen LogP contribution >= 0.6 is 0 Å². The largest absolute Gasteiger partial charge is 0.417 e. The Kier molecular flexibility index (Phi) is 12.6. The Morgan fingerprint density at radius 2 is 1.30 bits per heavy atom. The van der Waals surface area contributed by atoms with Crippen molar-refractivity contribution in [2.75, 3.05) is 6.61 Å². The molecule has 2 nitrogen and oxygen atoms in total. The van der Waals surface area contributed by atoms with Gasteiger partial charge in [-0.25, -0.2) is 0 Å². The number of unbranched alkanes of at least 4 members (excludes halogenated alkanes) is 8. The number of aliphatic hydroxyl groups excluding tert-OH is 1. The predicted octanol–water partition coefficient (Wildman–Crippen LogP) is 6.68. The zero-order valence-electron chi connectivity index (χ0n) is 16.9. The molecule has 0 unspecified atom stereocenters. The number of hydrogen-bond acceptors (Lipinski definition) is 2. The van der Waals surface area contributed by atoms with Crippen molar-refractivity contribution in [2.24, 2.45) is 0 Å². The molecule has 0 aromatic heterocycles. The van der Waals surface area contributed by atoms with Crippen LogP contribution in [0.2, 0.25) is 18.1 Å². The molecule has 0 aliphatic heterocycles. The Bertz CT molecular complexity index is 271. The van der Waals surface area contributed by atoms with E-state index in [1.807, 2.05) is 0 Å². The summed E-state index contributed by atoms with van der Waals surface area (Å²) in [6, 6.07) is 0. The van der Waals surface area contributed by atoms with E-state index in [1.165, 1.54) is 51.4 Å². The van der Waals surface area contributed by atoms with Gasteiger partial charge in [0, 0.05) is 6.61 Å². The van der Waals surface area contributed by atoms with Crippen LogP contribution in [0.5, 0.6) is 0 Å². The molecular formula is C20H44O2Si. The third-order valence-corrected chi connectivity index (χ3v) is 9.90. The fraction of sp³-hybridized carbons (Fsp3) is 1.00. The van der Waals surface area contributed by atoms with E-state index >= 15 is 0 Å². The van der Waals surface area contributed by atoms with Gasteiger partial charge in [0.2, 0.25) is 0 Å². The topological polar surface area (TPSA) is 29.5 Å². The minimum absolute atomic E-state index is 0.177. The van der Waals surface area contributed by atoms with Crippen molar-refractivity contribution < 1.29 is 9.53 Å². The summed E-state index contributed by atoms with van der Waals surface area (Å²) in [4.78, 5) is 0. The number of aliphatic hydroxyl groups is 1. The molecule has 0 bridgehead atoms. The summed E-state index contributed by atoms with van der Waals surface area (Å²) >= 11 is 0. The Morgan fingerprint density at radius 3 is 1.78 bits per heavy atom. The molecular weight excluding hydrogens is 300 g/mol. The predicted molar refractivity (Wildman–Crippen MR) is 106 cm³/mol. The summed E-state index contributed by atoms with van der Waals surface area (Å²) in [5.41, 5.74) is 0. The van der Waals surface area contributed by atoms with Gasteiger partial charge >= 0.3 is 0 Å². The van der Waals surface area contributed by atoms with Gasteiger partial charge in [-0.2, -0.15) is 0 Å². The van der Waals surface area contributed by atoms with Crippen molar-refractivity contribution in [2.45, 2.75) is 123 Å². The second-order valence-corrected chi connectivity index (χ2v) is 13.5. The zero-order valence-corrected chi connectivity index (χ0v) is 17.9. The molecule has 0 saturated carbocycles. The summed E-state index contributed by atoms with van der Waals surface area (Å²) in [6.07, 6.45) is 13.6. The smallest absolute Gasteiger partial charge is 0.191 e. The van der Waals surface area contributed by atoms with Crippen molar-refractivity contribution in [3.63, 3.8) is 0 Å². The molecule has 3 heteroatoms. The summed E-state index contributed by atoms with van der Waals surface area (Å²) in [6.45, 7) is 14.3. The molecule has 0 spiro atoms. The second-order valence-electron chi connectivity index (χ2n) is 8.67. The van der Waals surface area contributed by atoms with Gasteiger partial charge in [-0.3, -0.25) is 0 Å². The first-order valence-electron chi connectivity index (χ1n) is 10.0. The Labute approximate surface area is 147 Å². The summed E-state index contributed by atoms with van der Waals surface area (Å²) in [5.74, 6) is 0. The highest BCUT2D eigenvalue weighted by Crippen LogP contribution is 2.36. The van der Waals surface area contributed by atoms with Gasteiger partial charge < -0.3 is 9.53 Å². The molecule has 0 aromatic rings. The summed E-state index contributed by atoms with van der Waals surface area (Å²) < 4.78 is 6.14. The molecule has 0 heterocycles. The summed E-state index contributed by atoms with van der Waals surface area (Å²) in [5, 5.41) is 10.3. The normalized spacial score (nSPS) is 14.2. The third-order valence-electron chi connectivity index (χ3n) is 5.36. The van der Waals surface area contributed by atoms with E-state index in [-0.39, 0.29) is 11.1 Å². The zero-order chi connectivity index (χ0) is 17.8. The van der Waals surface area contributed by atoms with Crippen LogP contribution in [-0.4, -0.2) is 26.1 Å². The molecule has 1 atom stereocenters. The van der Waals surface area contributed by atoms with E-state index in [0.29, 0.717) is 0 Å². The van der Waals surface area contributed by atoms with Gasteiger partial charge in [0.05, 0.1) is 6.10 Å². The molecule has 23 heavy (non-hydrogen) atoms. The first-order valence-corrected chi connectivity index (χ1v) is 12.9. The van der Waals surface area contributed by atoms with Crippen molar-refractivity contribution >= 4 is 8.32 Å². The quantitative estimate of drug-likeness (QED) is 0.281. The standard InChI is InChI=1S/C20H44O2Si/c1-7-8-9-10-11-12-13-14-15-16-19(21)17-18-22-23(5,6)20(2,3)4/h19,21H,7-18H2,1-6H3/t19-/m1/s1. The molecule has 1 N–H and O–H groups in total. The van der Waals surface area contributed by atoms with E-state index in [9.17, 15) is 5.11 Å². The molecule has 0 radical (unpaired) electrons. The van der Waals surface area contributed by atoms with Gasteiger partial charge in [-0.1, -0.05) is 85.5 Å². The van der Waals surface area contributed by atoms with Gasteiger partial charge in [0.1, 0.15) is 0 Å². The first-order chi connectivity index (χ1) is 10.7. The minimum atomic E-state index is -1.65. The Balaban J connectivity index is 3.49. The Morgan fingerprint density at radius 1 is 0.826 bits per heavy atom. The monoisotopic (exact) mass is 344 g/mol. The van der Waals surface area contributed by atoms with Crippen molar-refractivity contribution in [1.82, 2.24) is 0 Å². The molecule has 0 saturated heterocycles. The highest BCUT2D eigenvalue weighted by atomic mass is 28.4. The van der Waals surface area contributed by atoms with Crippen LogP contribution in [0.4, 0.5) is 0 Å². The SMILES string of the molecule is CCCCCCCCCCC[C@@H](O)CCO[Si](C)(C)C(C)(C)C. The van der Waals surface area contributed by atoms with Gasteiger partial charge in [-0.15, -0.1) is 0 Å². The maximum atomic E-state index is 10.1. The lowest BCUT2D eigenvalue weighted by atomic mass is 10.0. The van der Waals surface area contributed by atoms with Gasteiger partial charge in [0.15, 0.2) is 8.32 Å². The van der Waals surface area contributed by atoms with Crippen LogP contribution in [0, 0.1) is 0 Å². The van der Waals surface area contributed by atoms with Crippen molar-refractivity contribution in [3.8, 4) is 0 Å². The van der Waals surface area contributed by atoms with E-state index in [2.05, 4.69) is 40.8 Å². The van der Waals surface area contributed by atoms with E-state index < -0.39 is 8.32 Å². The fourth-order valence-electron chi connectivity index (χ4n) is 2.50. The number of hydrogen-bond donors (Lipinski definition) is 1. The van der Waals surface area contributed by atoms with Crippen LogP contribution in [0.1, 0.15) is 98.3 Å².